The molecule has 0 fully saturated rings. The van der Waals surface area contributed by atoms with Gasteiger partial charge in [0.25, 0.3) is 0 Å². The highest BCUT2D eigenvalue weighted by molar-refractivity contribution is 7.12. The van der Waals surface area contributed by atoms with E-state index in [1.165, 1.54) is 12.1 Å². The van der Waals surface area contributed by atoms with Crippen molar-refractivity contribution in [2.24, 2.45) is 0 Å². The van der Waals surface area contributed by atoms with Gasteiger partial charge in [0.2, 0.25) is 0 Å². The third kappa shape index (κ3) is 3.88. The van der Waals surface area contributed by atoms with Crippen molar-refractivity contribution in [3.05, 3.63) is 44.4 Å². The lowest BCUT2D eigenvalue weighted by Crippen LogP contribution is -2.30. The minimum Gasteiger partial charge on any atom is -0.482 e. The summed E-state index contributed by atoms with van der Waals surface area (Å²) in [5, 5.41) is 11.4. The third-order valence-electron chi connectivity index (χ3n) is 3.58. The summed E-state index contributed by atoms with van der Waals surface area (Å²) in [4.78, 5) is 14.9. The molecule has 1 unspecified atom stereocenters. The number of hydrogen-bond acceptors (Lipinski definition) is 5. The van der Waals surface area contributed by atoms with Gasteiger partial charge < -0.3 is 15.2 Å². The Kier molecular flexibility index (Phi) is 4.90. The molecule has 1 aromatic carbocycles. The van der Waals surface area contributed by atoms with Crippen LogP contribution in [-0.2, 0) is 17.4 Å². The number of nitrogens with zero attached hydrogens (tertiary/aromatic N) is 1. The SMILES string of the molecule is O=C(O)COc1ccc(Cl)cc1C1NCCc2nc(C(F)(F)F)sc21. The molecule has 10 heteroatoms. The van der Waals surface area contributed by atoms with Gasteiger partial charge in [0.1, 0.15) is 5.75 Å². The Morgan fingerprint density at radius 2 is 2.24 bits per heavy atom. The fraction of sp³-hybridized carbons (Fsp3) is 0.333. The Morgan fingerprint density at radius 3 is 2.92 bits per heavy atom. The molecule has 0 radical (unpaired) electrons. The van der Waals surface area contributed by atoms with Gasteiger partial charge in [-0.25, -0.2) is 9.78 Å². The Hall–Kier alpha value is -1.84. The minimum absolute atomic E-state index is 0.249. The molecule has 1 aliphatic rings. The molecule has 134 valence electrons. The lowest BCUT2D eigenvalue weighted by Gasteiger charge is -2.25. The second-order valence-electron chi connectivity index (χ2n) is 5.33. The monoisotopic (exact) mass is 392 g/mol. The Balaban J connectivity index is 2.02. The summed E-state index contributed by atoms with van der Waals surface area (Å²) >= 11 is 6.58. The second-order valence-corrected chi connectivity index (χ2v) is 6.80. The van der Waals surface area contributed by atoms with Gasteiger partial charge in [-0.05, 0) is 18.2 Å². The number of thiazole rings is 1. The van der Waals surface area contributed by atoms with Crippen molar-refractivity contribution in [1.29, 1.82) is 0 Å². The number of ether oxygens (including phenoxy) is 1. The summed E-state index contributed by atoms with van der Waals surface area (Å²) in [5.74, 6) is -0.908. The molecule has 1 atom stereocenters. The maximum absolute atomic E-state index is 13.0. The molecule has 0 saturated carbocycles. The maximum atomic E-state index is 13.0. The van der Waals surface area contributed by atoms with Crippen molar-refractivity contribution in [3.8, 4) is 5.75 Å². The minimum atomic E-state index is -4.51. The largest absolute Gasteiger partial charge is 0.482 e. The normalized spacial score (nSPS) is 17.2. The van der Waals surface area contributed by atoms with Crippen LogP contribution in [0.1, 0.15) is 27.2 Å². The van der Waals surface area contributed by atoms with Crippen LogP contribution in [0.2, 0.25) is 5.02 Å². The predicted octanol–water partition coefficient (Wildman–Crippen LogP) is 3.51. The van der Waals surface area contributed by atoms with E-state index in [2.05, 4.69) is 10.3 Å². The molecule has 0 aliphatic carbocycles. The summed E-state index contributed by atoms with van der Waals surface area (Å²) in [5.41, 5.74) is 0.859. The fourth-order valence-electron chi connectivity index (χ4n) is 2.58. The first-order valence-corrected chi connectivity index (χ1v) is 8.39. The molecule has 0 saturated heterocycles. The number of fused-ring (bicyclic) bond motifs is 1. The molecular formula is C15H12ClF3N2O3S. The van der Waals surface area contributed by atoms with Crippen molar-refractivity contribution in [2.75, 3.05) is 13.2 Å². The van der Waals surface area contributed by atoms with Gasteiger partial charge in [-0.1, -0.05) is 11.6 Å². The van der Waals surface area contributed by atoms with E-state index in [1.54, 1.807) is 6.07 Å². The number of carboxylic acids is 1. The van der Waals surface area contributed by atoms with Crippen LogP contribution >= 0.6 is 22.9 Å². The van der Waals surface area contributed by atoms with Crippen LogP contribution < -0.4 is 10.1 Å². The van der Waals surface area contributed by atoms with Gasteiger partial charge in [-0.2, -0.15) is 13.2 Å². The van der Waals surface area contributed by atoms with Gasteiger partial charge in [0.05, 0.1) is 11.7 Å². The molecule has 3 rings (SSSR count). The smallest absolute Gasteiger partial charge is 0.443 e. The molecule has 2 heterocycles. The van der Waals surface area contributed by atoms with Crippen molar-refractivity contribution < 1.29 is 27.8 Å². The number of nitrogens with one attached hydrogen (secondary N) is 1. The summed E-state index contributed by atoms with van der Waals surface area (Å²) < 4.78 is 44.2. The number of carbonyl (C=O) groups is 1. The number of hydrogen-bond donors (Lipinski definition) is 2. The van der Waals surface area contributed by atoms with E-state index in [0.29, 0.717) is 45.5 Å². The number of alkyl halides is 3. The number of benzene rings is 1. The molecule has 1 aliphatic heterocycles. The van der Waals surface area contributed by atoms with Crippen molar-refractivity contribution in [1.82, 2.24) is 10.3 Å². The number of aliphatic carboxylic acids is 1. The van der Waals surface area contributed by atoms with Crippen molar-refractivity contribution >= 4 is 28.9 Å². The van der Waals surface area contributed by atoms with Crippen LogP contribution in [0.5, 0.6) is 5.75 Å². The highest BCUT2D eigenvalue weighted by Gasteiger charge is 2.38. The van der Waals surface area contributed by atoms with Gasteiger partial charge in [-0.3, -0.25) is 0 Å². The molecule has 0 amide bonds. The molecule has 25 heavy (non-hydrogen) atoms. The highest BCUT2D eigenvalue weighted by Crippen LogP contribution is 2.42. The number of carboxylic acid groups (broad SMARTS) is 1. The van der Waals surface area contributed by atoms with Gasteiger partial charge in [-0.15, -0.1) is 11.3 Å². The summed E-state index contributed by atoms with van der Waals surface area (Å²) in [7, 11) is 0. The molecule has 5 nitrogen and oxygen atoms in total. The Labute approximate surface area is 149 Å². The Morgan fingerprint density at radius 1 is 1.48 bits per heavy atom. The summed E-state index contributed by atoms with van der Waals surface area (Å²) in [6, 6.07) is 3.99. The van der Waals surface area contributed by atoms with Crippen molar-refractivity contribution in [3.63, 3.8) is 0 Å². The van der Waals surface area contributed by atoms with E-state index in [9.17, 15) is 18.0 Å². The molecule has 0 bridgehead atoms. The van der Waals surface area contributed by atoms with Gasteiger partial charge >= 0.3 is 12.1 Å². The van der Waals surface area contributed by atoms with E-state index >= 15 is 0 Å². The average molecular weight is 393 g/mol. The maximum Gasteiger partial charge on any atom is 0.443 e. The molecular weight excluding hydrogens is 381 g/mol. The molecule has 0 spiro atoms. The van der Waals surface area contributed by atoms with Crippen LogP contribution in [0.25, 0.3) is 0 Å². The van der Waals surface area contributed by atoms with Crippen LogP contribution in [0.4, 0.5) is 13.2 Å². The zero-order valence-corrected chi connectivity index (χ0v) is 14.1. The van der Waals surface area contributed by atoms with E-state index < -0.39 is 29.8 Å². The van der Waals surface area contributed by atoms with E-state index in [0.717, 1.165) is 0 Å². The van der Waals surface area contributed by atoms with Crippen LogP contribution in [0.3, 0.4) is 0 Å². The van der Waals surface area contributed by atoms with E-state index in [1.807, 2.05) is 0 Å². The van der Waals surface area contributed by atoms with Crippen LogP contribution in [-0.4, -0.2) is 29.2 Å². The Bertz CT molecular complexity index is 810. The predicted molar refractivity (Wildman–Crippen MR) is 85.2 cm³/mol. The van der Waals surface area contributed by atoms with Crippen molar-refractivity contribution in [2.45, 2.75) is 18.6 Å². The lowest BCUT2D eigenvalue weighted by atomic mass is 9.99. The van der Waals surface area contributed by atoms with E-state index in [4.69, 9.17) is 21.4 Å². The molecule has 2 N–H and O–H groups in total. The molecule has 2 aromatic rings. The first-order chi connectivity index (χ1) is 11.8. The second kappa shape index (κ2) is 6.81. The average Bonchev–Trinajstić information content (AvgIpc) is 2.98. The van der Waals surface area contributed by atoms with Crippen LogP contribution in [0, 0.1) is 0 Å². The fourth-order valence-corrected chi connectivity index (χ4v) is 3.84. The third-order valence-corrected chi connectivity index (χ3v) is 5.02. The lowest BCUT2D eigenvalue weighted by molar-refractivity contribution is -0.139. The zero-order valence-electron chi connectivity index (χ0n) is 12.6. The standard InChI is InChI=1S/C15H12ClF3N2O3S/c16-7-1-2-10(24-6-11(22)23)8(5-7)12-13-9(3-4-20-12)21-14(25-13)15(17,18)19/h1-2,5,12,20H,3-4,6H2,(H,22,23). The summed E-state index contributed by atoms with van der Waals surface area (Å²) in [6.45, 7) is -0.131. The topological polar surface area (TPSA) is 71.5 Å². The first-order valence-electron chi connectivity index (χ1n) is 7.20. The highest BCUT2D eigenvalue weighted by atomic mass is 35.5. The van der Waals surface area contributed by atoms with Gasteiger partial charge in [0.15, 0.2) is 11.6 Å². The van der Waals surface area contributed by atoms with Gasteiger partial charge in [0, 0.05) is 28.4 Å². The first kappa shape index (κ1) is 18.0. The van der Waals surface area contributed by atoms with Crippen LogP contribution in [0.15, 0.2) is 18.2 Å². The van der Waals surface area contributed by atoms with E-state index in [-0.39, 0.29) is 5.75 Å². The quantitative estimate of drug-likeness (QED) is 0.833. The number of aromatic nitrogens is 1. The number of rotatable bonds is 4. The zero-order chi connectivity index (χ0) is 18.2. The summed E-state index contributed by atoms with van der Waals surface area (Å²) in [6.07, 6.45) is -4.13. The molecule has 1 aromatic heterocycles. The number of halogens is 4.